The van der Waals surface area contributed by atoms with Gasteiger partial charge in [-0.15, -0.1) is 0 Å². The molecule has 1 amide bonds. The zero-order chi connectivity index (χ0) is 19.3. The highest BCUT2D eigenvalue weighted by atomic mass is 16.5. The van der Waals surface area contributed by atoms with E-state index in [0.717, 1.165) is 32.5 Å². The van der Waals surface area contributed by atoms with Crippen molar-refractivity contribution in [3.8, 4) is 0 Å². The lowest BCUT2D eigenvalue weighted by atomic mass is 9.73. The number of furan rings is 1. The predicted molar refractivity (Wildman–Crippen MR) is 106 cm³/mol. The number of ether oxygens (including phenoxy) is 1. The predicted octanol–water partition coefficient (Wildman–Crippen LogP) is 3.31. The lowest BCUT2D eigenvalue weighted by molar-refractivity contribution is 0.00209. The minimum Gasteiger partial charge on any atom is -0.472 e. The van der Waals surface area contributed by atoms with Gasteiger partial charge >= 0.3 is 0 Å². The summed E-state index contributed by atoms with van der Waals surface area (Å²) >= 11 is 0. The normalized spacial score (nSPS) is 31.3. The smallest absolute Gasteiger partial charge is 0.254 e. The number of likely N-dealkylation sites (tertiary alicyclic amines) is 1. The maximum atomic E-state index is 12.3. The Labute approximate surface area is 166 Å². The maximum Gasteiger partial charge on any atom is 0.254 e. The van der Waals surface area contributed by atoms with Crippen LogP contribution in [0.15, 0.2) is 41.2 Å². The molecule has 28 heavy (non-hydrogen) atoms. The Balaban J connectivity index is 1.28. The number of benzene rings is 1. The minimum atomic E-state index is -0.0593. The summed E-state index contributed by atoms with van der Waals surface area (Å²) in [6.07, 6.45) is 5.58. The molecule has 1 spiro atoms. The number of nitrogens with zero attached hydrogens (tertiary/aromatic N) is 1. The molecule has 2 bridgehead atoms. The molecule has 3 aliphatic heterocycles. The molecule has 1 N–H and O–H groups in total. The zero-order valence-electron chi connectivity index (χ0n) is 16.6. The second-order valence-corrected chi connectivity index (χ2v) is 8.79. The second-order valence-electron chi connectivity index (χ2n) is 8.79. The molecule has 3 fully saturated rings. The van der Waals surface area contributed by atoms with Crippen LogP contribution in [0, 0.1) is 25.7 Å². The van der Waals surface area contributed by atoms with Crippen LogP contribution in [0.25, 0.3) is 0 Å². The van der Waals surface area contributed by atoms with E-state index in [-0.39, 0.29) is 17.6 Å². The van der Waals surface area contributed by atoms with Gasteiger partial charge in [-0.3, -0.25) is 9.69 Å². The molecule has 3 saturated heterocycles. The molecule has 0 radical (unpaired) electrons. The van der Waals surface area contributed by atoms with Crippen molar-refractivity contribution >= 4 is 5.91 Å². The van der Waals surface area contributed by atoms with Gasteiger partial charge in [-0.2, -0.15) is 0 Å². The van der Waals surface area contributed by atoms with E-state index in [1.165, 1.54) is 29.2 Å². The van der Waals surface area contributed by atoms with Gasteiger partial charge in [-0.1, -0.05) is 18.2 Å². The van der Waals surface area contributed by atoms with Crippen LogP contribution >= 0.6 is 0 Å². The van der Waals surface area contributed by atoms with Gasteiger partial charge in [0.1, 0.15) is 6.26 Å². The summed E-state index contributed by atoms with van der Waals surface area (Å²) in [5.41, 5.74) is 4.75. The van der Waals surface area contributed by atoms with Crippen LogP contribution in [-0.2, 0) is 11.3 Å². The molecular weight excluding hydrogens is 352 g/mol. The van der Waals surface area contributed by atoms with E-state index in [2.05, 4.69) is 42.3 Å². The monoisotopic (exact) mass is 380 g/mol. The average Bonchev–Trinajstić information content (AvgIpc) is 3.43. The first-order valence-corrected chi connectivity index (χ1v) is 10.3. The molecule has 4 heterocycles. The quantitative estimate of drug-likeness (QED) is 0.865. The Bertz CT molecular complexity index is 858. The van der Waals surface area contributed by atoms with E-state index in [4.69, 9.17) is 9.15 Å². The van der Waals surface area contributed by atoms with Crippen molar-refractivity contribution in [2.24, 2.45) is 11.8 Å². The van der Waals surface area contributed by atoms with Gasteiger partial charge in [0.05, 0.1) is 23.5 Å². The number of fused-ring (bicyclic) bond motifs is 1. The largest absolute Gasteiger partial charge is 0.472 e. The summed E-state index contributed by atoms with van der Waals surface area (Å²) in [6, 6.07) is 8.24. The molecule has 3 aliphatic rings. The molecule has 4 atom stereocenters. The van der Waals surface area contributed by atoms with Gasteiger partial charge in [-0.05, 0) is 49.4 Å². The van der Waals surface area contributed by atoms with Crippen LogP contribution < -0.4 is 5.32 Å². The summed E-state index contributed by atoms with van der Waals surface area (Å²) in [4.78, 5) is 14.9. The van der Waals surface area contributed by atoms with E-state index in [0.29, 0.717) is 23.9 Å². The molecule has 5 heteroatoms. The Hall–Kier alpha value is -2.11. The second kappa shape index (κ2) is 6.75. The van der Waals surface area contributed by atoms with Gasteiger partial charge in [0, 0.05) is 38.0 Å². The lowest BCUT2D eigenvalue weighted by Crippen LogP contribution is -2.41. The summed E-state index contributed by atoms with van der Waals surface area (Å²) in [6.45, 7) is 8.13. The average molecular weight is 380 g/mol. The fourth-order valence-electron chi connectivity index (χ4n) is 5.71. The van der Waals surface area contributed by atoms with Crippen LogP contribution in [0.1, 0.15) is 39.9 Å². The first-order chi connectivity index (χ1) is 13.6. The van der Waals surface area contributed by atoms with E-state index in [1.54, 1.807) is 6.07 Å². The molecular formula is C23H28N2O3. The Kier molecular flexibility index (Phi) is 4.33. The van der Waals surface area contributed by atoms with E-state index in [1.807, 2.05) is 0 Å². The Morgan fingerprint density at radius 2 is 2.11 bits per heavy atom. The Morgan fingerprint density at radius 1 is 1.29 bits per heavy atom. The number of hydrogen-bond donors (Lipinski definition) is 1. The van der Waals surface area contributed by atoms with Crippen molar-refractivity contribution in [2.45, 2.75) is 44.9 Å². The number of amides is 1. The van der Waals surface area contributed by atoms with Crippen molar-refractivity contribution in [3.63, 3.8) is 0 Å². The number of nitrogens with one attached hydrogen (secondary N) is 1. The van der Waals surface area contributed by atoms with Crippen LogP contribution in [-0.4, -0.2) is 42.1 Å². The summed E-state index contributed by atoms with van der Waals surface area (Å²) in [5.74, 6) is 0.837. The van der Waals surface area contributed by atoms with E-state index >= 15 is 0 Å². The third kappa shape index (κ3) is 2.88. The highest BCUT2D eigenvalue weighted by Crippen LogP contribution is 2.54. The van der Waals surface area contributed by atoms with Crippen molar-refractivity contribution in [1.29, 1.82) is 0 Å². The fourth-order valence-corrected chi connectivity index (χ4v) is 5.71. The molecule has 2 aromatic rings. The SMILES string of the molecule is Cc1cccc(C)c1CN1C[C@@H]2[C@H](CNC(=O)c3ccoc3)[C@H]3CC[C@]2(C1)O3. The van der Waals surface area contributed by atoms with Crippen molar-refractivity contribution in [3.05, 3.63) is 59.0 Å². The summed E-state index contributed by atoms with van der Waals surface area (Å²) in [5, 5.41) is 3.11. The van der Waals surface area contributed by atoms with Gasteiger partial charge < -0.3 is 14.5 Å². The molecule has 1 aromatic carbocycles. The number of hydrogen-bond acceptors (Lipinski definition) is 4. The third-order valence-corrected chi connectivity index (χ3v) is 7.16. The lowest BCUT2D eigenvalue weighted by Gasteiger charge is -2.29. The van der Waals surface area contributed by atoms with E-state index in [9.17, 15) is 4.79 Å². The van der Waals surface area contributed by atoms with Gasteiger partial charge in [0.15, 0.2) is 0 Å². The van der Waals surface area contributed by atoms with Crippen LogP contribution in [0.4, 0.5) is 0 Å². The van der Waals surface area contributed by atoms with Crippen LogP contribution in [0.2, 0.25) is 0 Å². The highest BCUT2D eigenvalue weighted by Gasteiger charge is 2.62. The molecule has 1 aromatic heterocycles. The summed E-state index contributed by atoms with van der Waals surface area (Å²) in [7, 11) is 0. The molecule has 0 aliphatic carbocycles. The molecule has 5 rings (SSSR count). The molecule has 5 nitrogen and oxygen atoms in total. The summed E-state index contributed by atoms with van der Waals surface area (Å²) < 4.78 is 11.6. The van der Waals surface area contributed by atoms with Crippen molar-refractivity contribution in [2.75, 3.05) is 19.6 Å². The molecule has 0 saturated carbocycles. The Morgan fingerprint density at radius 3 is 2.86 bits per heavy atom. The topological polar surface area (TPSA) is 54.7 Å². The van der Waals surface area contributed by atoms with E-state index < -0.39 is 0 Å². The first-order valence-electron chi connectivity index (χ1n) is 10.3. The number of carbonyl (C=O) groups excluding carboxylic acids is 1. The van der Waals surface area contributed by atoms with Crippen molar-refractivity contribution < 1.29 is 13.9 Å². The van der Waals surface area contributed by atoms with Crippen LogP contribution in [0.3, 0.4) is 0 Å². The number of carbonyl (C=O) groups is 1. The molecule has 148 valence electrons. The minimum absolute atomic E-state index is 0.00765. The van der Waals surface area contributed by atoms with Crippen molar-refractivity contribution in [1.82, 2.24) is 10.2 Å². The molecule has 0 unspecified atom stereocenters. The van der Waals surface area contributed by atoms with Gasteiger partial charge in [-0.25, -0.2) is 0 Å². The number of rotatable bonds is 5. The maximum absolute atomic E-state index is 12.3. The standard InChI is InChI=1S/C23H28N2O3/c1-15-4-3-5-16(2)19(15)11-25-12-20-18(21-6-8-23(20,14-25)28-21)10-24-22(26)17-7-9-27-13-17/h3-5,7,9,13,18,20-21H,6,8,10-12,14H2,1-2H3,(H,24,26)/t18-,20+,21+,23+/m0/s1. The van der Waals surface area contributed by atoms with Gasteiger partial charge in [0.25, 0.3) is 5.91 Å². The zero-order valence-corrected chi connectivity index (χ0v) is 16.6. The highest BCUT2D eigenvalue weighted by molar-refractivity contribution is 5.93. The van der Waals surface area contributed by atoms with Crippen LogP contribution in [0.5, 0.6) is 0 Å². The van der Waals surface area contributed by atoms with Gasteiger partial charge in [0.2, 0.25) is 0 Å². The first kappa shape index (κ1) is 18.0. The number of aryl methyl sites for hydroxylation is 2. The third-order valence-electron chi connectivity index (χ3n) is 7.16. The fraction of sp³-hybridized carbons (Fsp3) is 0.522.